The van der Waals surface area contributed by atoms with E-state index >= 15 is 0 Å². The molecule has 4 nitrogen and oxygen atoms in total. The molecule has 3 rings (SSSR count). The van der Waals surface area contributed by atoms with E-state index in [4.69, 9.17) is 4.74 Å². The van der Waals surface area contributed by atoms with Gasteiger partial charge >= 0.3 is 0 Å². The smallest absolute Gasteiger partial charge is 0.178 e. The summed E-state index contributed by atoms with van der Waals surface area (Å²) in [5, 5.41) is 0. The zero-order valence-electron chi connectivity index (χ0n) is 14.1. The molecule has 1 saturated carbocycles. The third-order valence-corrected chi connectivity index (χ3v) is 7.06. The number of nitrogens with zero attached hydrogens (tertiary/aromatic N) is 1. The van der Waals surface area contributed by atoms with Crippen molar-refractivity contribution in [2.45, 2.75) is 50.7 Å². The van der Waals surface area contributed by atoms with Crippen molar-refractivity contribution >= 4 is 9.84 Å². The van der Waals surface area contributed by atoms with Gasteiger partial charge in [-0.05, 0) is 55.8 Å². The Morgan fingerprint density at radius 1 is 1.22 bits per heavy atom. The van der Waals surface area contributed by atoms with Gasteiger partial charge in [-0.25, -0.2) is 8.42 Å². The number of sulfone groups is 1. The Hall–Kier alpha value is -0.910. The molecule has 1 heterocycles. The number of hydrogen-bond donors (Lipinski definition) is 0. The second-order valence-electron chi connectivity index (χ2n) is 6.99. The van der Waals surface area contributed by atoms with Gasteiger partial charge in [0.15, 0.2) is 9.84 Å². The minimum atomic E-state index is -3.09. The lowest BCUT2D eigenvalue weighted by Crippen LogP contribution is -2.44. The van der Waals surface area contributed by atoms with Crippen LogP contribution in [-0.4, -0.2) is 44.9 Å². The largest absolute Gasteiger partial charge is 0.378 e. The van der Waals surface area contributed by atoms with E-state index in [1.165, 1.54) is 24.8 Å². The molecule has 0 atom stereocenters. The average Bonchev–Trinajstić information content (AvgIpc) is 2.92. The summed E-state index contributed by atoms with van der Waals surface area (Å²) >= 11 is 0. The number of likely N-dealkylation sites (tertiary alicyclic amines) is 1. The van der Waals surface area contributed by atoms with Crippen molar-refractivity contribution in [2.75, 3.05) is 25.4 Å². The normalized spacial score (nSPS) is 28.2. The predicted octanol–water partition coefficient (Wildman–Crippen LogP) is 2.87. The highest BCUT2D eigenvalue weighted by Gasteiger charge is 2.48. The molecular weight excluding hydrogens is 310 g/mol. The maximum absolute atomic E-state index is 11.9. The zero-order chi connectivity index (χ0) is 16.5. The van der Waals surface area contributed by atoms with Gasteiger partial charge in [0.1, 0.15) is 0 Å². The maximum atomic E-state index is 11.9. The van der Waals surface area contributed by atoms with Gasteiger partial charge in [0, 0.05) is 19.7 Å². The second kappa shape index (κ2) is 6.54. The molecule has 1 spiro atoms. The van der Waals surface area contributed by atoms with Gasteiger partial charge in [-0.3, -0.25) is 4.90 Å². The van der Waals surface area contributed by atoms with E-state index in [1.807, 2.05) is 12.1 Å². The highest BCUT2D eigenvalue weighted by atomic mass is 32.2. The summed E-state index contributed by atoms with van der Waals surface area (Å²) in [6.07, 6.45) is 4.13. The summed E-state index contributed by atoms with van der Waals surface area (Å²) in [7, 11) is -3.09. The van der Waals surface area contributed by atoms with Gasteiger partial charge in [0.2, 0.25) is 0 Å². The fourth-order valence-electron chi connectivity index (χ4n) is 3.98. The van der Waals surface area contributed by atoms with Crippen molar-refractivity contribution in [1.29, 1.82) is 0 Å². The number of benzene rings is 1. The van der Waals surface area contributed by atoms with E-state index in [9.17, 15) is 8.42 Å². The molecule has 0 amide bonds. The number of rotatable bonds is 6. The topological polar surface area (TPSA) is 46.6 Å². The predicted molar refractivity (Wildman–Crippen MR) is 91.1 cm³/mol. The molecule has 0 unspecified atom stereocenters. The third kappa shape index (κ3) is 3.62. The molecule has 0 N–H and O–H groups in total. The highest BCUT2D eigenvalue weighted by Crippen LogP contribution is 2.49. The van der Waals surface area contributed by atoms with Crippen LogP contribution in [0.3, 0.4) is 0 Å². The summed E-state index contributed by atoms with van der Waals surface area (Å²) in [6.45, 7) is 7.75. The van der Waals surface area contributed by atoms with Crippen molar-refractivity contribution < 1.29 is 13.2 Å². The van der Waals surface area contributed by atoms with Gasteiger partial charge in [0.25, 0.3) is 0 Å². The van der Waals surface area contributed by atoms with Gasteiger partial charge in [-0.15, -0.1) is 0 Å². The van der Waals surface area contributed by atoms with Crippen LogP contribution in [0, 0.1) is 5.41 Å². The van der Waals surface area contributed by atoms with Crippen LogP contribution >= 0.6 is 0 Å². The average molecular weight is 337 g/mol. The third-order valence-electron chi connectivity index (χ3n) is 5.31. The fourth-order valence-corrected chi connectivity index (χ4v) is 4.87. The van der Waals surface area contributed by atoms with Crippen LogP contribution in [0.25, 0.3) is 0 Å². The molecule has 2 aliphatic rings. The molecular formula is C18H27NO3S. The van der Waals surface area contributed by atoms with Crippen LogP contribution in [0.15, 0.2) is 29.2 Å². The summed E-state index contributed by atoms with van der Waals surface area (Å²) in [5.41, 5.74) is 1.67. The molecule has 5 heteroatoms. The van der Waals surface area contributed by atoms with Crippen molar-refractivity contribution in [1.82, 2.24) is 4.90 Å². The first-order chi connectivity index (χ1) is 11.0. The minimum absolute atomic E-state index is 0.155. The monoisotopic (exact) mass is 337 g/mol. The Morgan fingerprint density at radius 3 is 2.52 bits per heavy atom. The van der Waals surface area contributed by atoms with Gasteiger partial charge in [-0.2, -0.15) is 0 Å². The van der Waals surface area contributed by atoms with Crippen LogP contribution < -0.4 is 0 Å². The lowest BCUT2D eigenvalue weighted by molar-refractivity contribution is -0.0718. The fraction of sp³-hybridized carbons (Fsp3) is 0.667. The Labute approximate surface area is 139 Å². The van der Waals surface area contributed by atoms with Gasteiger partial charge < -0.3 is 4.74 Å². The molecule has 23 heavy (non-hydrogen) atoms. The molecule has 1 saturated heterocycles. The SMILES string of the molecule is CCOC1CC2(CCN(Cc3ccc(S(=O)(=O)CC)cc3)C2)C1. The first-order valence-corrected chi connectivity index (χ1v) is 10.3. The van der Waals surface area contributed by atoms with E-state index in [0.29, 0.717) is 16.4 Å². The molecule has 1 aromatic rings. The molecule has 1 aliphatic heterocycles. The minimum Gasteiger partial charge on any atom is -0.378 e. The molecule has 1 aliphatic carbocycles. The zero-order valence-corrected chi connectivity index (χ0v) is 14.9. The van der Waals surface area contributed by atoms with Crippen LogP contribution in [0.5, 0.6) is 0 Å². The Balaban J connectivity index is 1.55. The molecule has 0 aromatic heterocycles. The molecule has 128 valence electrons. The first kappa shape index (κ1) is 16.9. The van der Waals surface area contributed by atoms with Gasteiger partial charge in [-0.1, -0.05) is 19.1 Å². The standard InChI is InChI=1S/C18H27NO3S/c1-3-22-16-11-18(12-16)9-10-19(14-18)13-15-5-7-17(8-6-15)23(20,21)4-2/h5-8,16H,3-4,9-14H2,1-2H3. The van der Waals surface area contributed by atoms with Crippen molar-refractivity contribution in [3.05, 3.63) is 29.8 Å². The maximum Gasteiger partial charge on any atom is 0.178 e. The van der Waals surface area contributed by atoms with Crippen molar-refractivity contribution in [3.8, 4) is 0 Å². The summed E-state index contributed by atoms with van der Waals surface area (Å²) in [5.74, 6) is 0.155. The van der Waals surface area contributed by atoms with Crippen LogP contribution in [0.2, 0.25) is 0 Å². The van der Waals surface area contributed by atoms with E-state index in [-0.39, 0.29) is 5.75 Å². The van der Waals surface area contributed by atoms with Crippen molar-refractivity contribution in [3.63, 3.8) is 0 Å². The molecule has 2 fully saturated rings. The number of hydrogen-bond acceptors (Lipinski definition) is 4. The first-order valence-electron chi connectivity index (χ1n) is 8.62. The Morgan fingerprint density at radius 2 is 1.91 bits per heavy atom. The lowest BCUT2D eigenvalue weighted by Gasteiger charge is -2.44. The van der Waals surface area contributed by atoms with E-state index < -0.39 is 9.84 Å². The molecule has 0 bridgehead atoms. The van der Waals surface area contributed by atoms with E-state index in [0.717, 1.165) is 26.2 Å². The second-order valence-corrected chi connectivity index (χ2v) is 9.27. The summed E-state index contributed by atoms with van der Waals surface area (Å²) in [6, 6.07) is 7.40. The van der Waals surface area contributed by atoms with E-state index in [1.54, 1.807) is 19.1 Å². The van der Waals surface area contributed by atoms with E-state index in [2.05, 4.69) is 11.8 Å². The summed E-state index contributed by atoms with van der Waals surface area (Å²) < 4.78 is 29.4. The Kier molecular flexibility index (Phi) is 4.81. The van der Waals surface area contributed by atoms with Crippen LogP contribution in [0.4, 0.5) is 0 Å². The highest BCUT2D eigenvalue weighted by molar-refractivity contribution is 7.91. The number of ether oxygens (including phenoxy) is 1. The molecule has 1 aromatic carbocycles. The van der Waals surface area contributed by atoms with Crippen LogP contribution in [0.1, 0.15) is 38.7 Å². The van der Waals surface area contributed by atoms with Gasteiger partial charge in [0.05, 0.1) is 16.8 Å². The van der Waals surface area contributed by atoms with Crippen molar-refractivity contribution in [2.24, 2.45) is 5.41 Å². The molecule has 0 radical (unpaired) electrons. The summed E-state index contributed by atoms with van der Waals surface area (Å²) in [4.78, 5) is 2.92. The lowest BCUT2D eigenvalue weighted by atomic mass is 9.66. The van der Waals surface area contributed by atoms with Crippen LogP contribution in [-0.2, 0) is 21.1 Å². The quantitative estimate of drug-likeness (QED) is 0.801. The Bertz CT molecular complexity index is 633.